The third-order valence-electron chi connectivity index (χ3n) is 9.28. The van der Waals surface area contributed by atoms with Crippen molar-refractivity contribution in [3.63, 3.8) is 0 Å². The molecule has 1 aromatic rings. The molecule has 4 aliphatic rings. The molecule has 41 heavy (non-hydrogen) atoms. The maximum absolute atomic E-state index is 13.9. The van der Waals surface area contributed by atoms with Crippen LogP contribution < -0.4 is 15.4 Å². The van der Waals surface area contributed by atoms with Crippen molar-refractivity contribution in [1.29, 1.82) is 0 Å². The number of fused-ring (bicyclic) bond motifs is 1. The summed E-state index contributed by atoms with van der Waals surface area (Å²) < 4.78 is 3.52. The smallest absolute Gasteiger partial charge is 0.245 e. The van der Waals surface area contributed by atoms with E-state index in [2.05, 4.69) is 44.7 Å². The molecule has 2 fully saturated rings. The highest BCUT2D eigenvalue weighted by atomic mass is 35.5. The number of hydrogen-bond acceptors (Lipinski definition) is 6. The number of alkyl halides is 1. The number of hydrogen-bond donors (Lipinski definition) is 3. The van der Waals surface area contributed by atoms with Crippen LogP contribution in [0.1, 0.15) is 68.5 Å². The molecule has 0 aromatic heterocycles. The molecule has 2 heterocycles. The van der Waals surface area contributed by atoms with Gasteiger partial charge in [0, 0.05) is 64.2 Å². The molecule has 3 N–H and O–H groups in total. The number of piperazine rings is 1. The maximum Gasteiger partial charge on any atom is 0.245 e. The average molecular weight is 600 g/mol. The zero-order valence-electron chi connectivity index (χ0n) is 24.3. The van der Waals surface area contributed by atoms with Gasteiger partial charge >= 0.3 is 0 Å². The summed E-state index contributed by atoms with van der Waals surface area (Å²) in [7, 11) is 0. The molecule has 4 atom stereocenters. The van der Waals surface area contributed by atoms with Crippen molar-refractivity contribution in [2.24, 2.45) is 5.92 Å². The first kappa shape index (κ1) is 30.6. The summed E-state index contributed by atoms with van der Waals surface area (Å²) in [5, 5.41) is 6.58. The van der Waals surface area contributed by atoms with Gasteiger partial charge in [-0.2, -0.15) is 0 Å². The summed E-state index contributed by atoms with van der Waals surface area (Å²) in [6.45, 7) is 4.91. The highest BCUT2D eigenvalue weighted by molar-refractivity contribution is 7.96. The van der Waals surface area contributed by atoms with Crippen LogP contribution in [0.5, 0.6) is 0 Å². The van der Waals surface area contributed by atoms with E-state index in [1.807, 2.05) is 29.2 Å². The average Bonchev–Trinajstić information content (AvgIpc) is 3.41. The van der Waals surface area contributed by atoms with Crippen LogP contribution in [-0.2, 0) is 16.1 Å². The van der Waals surface area contributed by atoms with Gasteiger partial charge in [-0.15, -0.1) is 11.6 Å². The van der Waals surface area contributed by atoms with Crippen LogP contribution in [0.2, 0.25) is 0 Å². The number of halogens is 1. The zero-order valence-corrected chi connectivity index (χ0v) is 25.9. The molecular formula is C32H46ClN5O2S. The number of carbonyl (C=O) groups is 2. The second kappa shape index (κ2) is 15.1. The standard InChI is InChI=1S/C32H46ClN5O2S/c1-41-35-22-30(24-7-3-2-4-8-24)37-15-17-38(18-16-37)32(40)29(19-23-11-13-26(33)14-12-23)36-31(39)20-28-27-10-6-5-9-25(27)21-34-28/h5-6,9-13,24,26,28-30,34-35H,2-4,7-8,14-22H2,1H3,(H,36,39)/t26?,28?,29-,30?/m1/s1. The van der Waals surface area contributed by atoms with Crippen molar-refractivity contribution in [3.05, 3.63) is 59.2 Å². The van der Waals surface area contributed by atoms with Crippen LogP contribution in [0.25, 0.3) is 0 Å². The summed E-state index contributed by atoms with van der Waals surface area (Å²) in [6.07, 6.45) is 16.4. The van der Waals surface area contributed by atoms with Crippen molar-refractivity contribution in [2.75, 3.05) is 39.0 Å². The number of carbonyl (C=O) groups excluding carboxylic acids is 2. The van der Waals surface area contributed by atoms with Gasteiger partial charge in [0.15, 0.2) is 0 Å². The molecule has 1 aromatic carbocycles. The Morgan fingerprint density at radius 3 is 2.63 bits per heavy atom. The Labute approximate surface area is 255 Å². The van der Waals surface area contributed by atoms with Gasteiger partial charge in [-0.1, -0.05) is 73.7 Å². The van der Waals surface area contributed by atoms with Crippen LogP contribution >= 0.6 is 23.5 Å². The molecule has 0 spiro atoms. The van der Waals surface area contributed by atoms with Crippen molar-refractivity contribution >= 4 is 35.4 Å². The number of rotatable bonds is 11. The summed E-state index contributed by atoms with van der Waals surface area (Å²) >= 11 is 7.95. The maximum atomic E-state index is 13.9. The van der Waals surface area contributed by atoms with Gasteiger partial charge in [0.2, 0.25) is 11.8 Å². The first-order valence-corrected chi connectivity index (χ1v) is 17.1. The second-order valence-corrected chi connectivity index (χ2v) is 13.2. The molecule has 0 radical (unpaired) electrons. The number of nitrogens with zero attached hydrogens (tertiary/aromatic N) is 2. The van der Waals surface area contributed by atoms with E-state index in [9.17, 15) is 9.59 Å². The van der Waals surface area contributed by atoms with Gasteiger partial charge in [-0.05, 0) is 48.1 Å². The molecule has 3 unspecified atom stereocenters. The van der Waals surface area contributed by atoms with E-state index in [4.69, 9.17) is 11.6 Å². The molecule has 2 aliphatic carbocycles. The molecule has 1 saturated carbocycles. The van der Waals surface area contributed by atoms with E-state index in [0.717, 1.165) is 44.1 Å². The van der Waals surface area contributed by atoms with Gasteiger partial charge in [0.05, 0.1) is 5.38 Å². The predicted octanol–water partition coefficient (Wildman–Crippen LogP) is 4.55. The molecule has 9 heteroatoms. The van der Waals surface area contributed by atoms with E-state index < -0.39 is 6.04 Å². The summed E-state index contributed by atoms with van der Waals surface area (Å²) in [5.41, 5.74) is 3.48. The molecule has 1 saturated heterocycles. The van der Waals surface area contributed by atoms with Gasteiger partial charge in [0.25, 0.3) is 0 Å². The fourth-order valence-electron chi connectivity index (χ4n) is 7.00. The Hall–Kier alpha value is -1.84. The molecule has 2 amide bonds. The topological polar surface area (TPSA) is 76.7 Å². The monoisotopic (exact) mass is 599 g/mol. The van der Waals surface area contributed by atoms with Crippen LogP contribution in [0.4, 0.5) is 0 Å². The lowest BCUT2D eigenvalue weighted by atomic mass is 9.83. The quantitative estimate of drug-likeness (QED) is 0.256. The van der Waals surface area contributed by atoms with Crippen molar-refractivity contribution in [3.8, 4) is 0 Å². The van der Waals surface area contributed by atoms with Crippen LogP contribution in [0.15, 0.2) is 48.1 Å². The summed E-state index contributed by atoms with van der Waals surface area (Å²) in [5.74, 6) is 0.659. The number of allylic oxidation sites excluding steroid dienone is 3. The second-order valence-electron chi connectivity index (χ2n) is 11.9. The van der Waals surface area contributed by atoms with Crippen molar-refractivity contribution in [2.45, 2.75) is 81.4 Å². The van der Waals surface area contributed by atoms with Gasteiger partial charge in [-0.3, -0.25) is 19.2 Å². The third-order valence-corrected chi connectivity index (χ3v) is 10.1. The zero-order chi connectivity index (χ0) is 28.6. The highest BCUT2D eigenvalue weighted by Crippen LogP contribution is 2.30. The number of benzene rings is 1. The largest absolute Gasteiger partial charge is 0.344 e. The Bertz CT molecular complexity index is 1100. The minimum atomic E-state index is -0.583. The molecule has 2 aliphatic heterocycles. The minimum Gasteiger partial charge on any atom is -0.344 e. The van der Waals surface area contributed by atoms with Gasteiger partial charge in [0.1, 0.15) is 6.04 Å². The Morgan fingerprint density at radius 1 is 1.12 bits per heavy atom. The lowest BCUT2D eigenvalue weighted by Gasteiger charge is -2.44. The van der Waals surface area contributed by atoms with E-state index in [-0.39, 0.29) is 23.2 Å². The number of nitrogens with one attached hydrogen (secondary N) is 3. The lowest BCUT2D eigenvalue weighted by molar-refractivity contribution is -0.138. The summed E-state index contributed by atoms with van der Waals surface area (Å²) in [6, 6.07) is 8.15. The van der Waals surface area contributed by atoms with E-state index >= 15 is 0 Å². The lowest BCUT2D eigenvalue weighted by Crippen LogP contribution is -2.58. The number of amides is 2. The first-order valence-electron chi connectivity index (χ1n) is 15.4. The predicted molar refractivity (Wildman–Crippen MR) is 169 cm³/mol. The summed E-state index contributed by atoms with van der Waals surface area (Å²) in [4.78, 5) is 31.8. The minimum absolute atomic E-state index is 0.0122. The fraction of sp³-hybridized carbons (Fsp3) is 0.625. The van der Waals surface area contributed by atoms with Gasteiger partial charge < -0.3 is 15.5 Å². The van der Waals surface area contributed by atoms with E-state index in [1.54, 1.807) is 11.9 Å². The van der Waals surface area contributed by atoms with Gasteiger partial charge in [-0.25, -0.2) is 0 Å². The normalized spacial score (nSPS) is 24.9. The Balaban J connectivity index is 1.22. The van der Waals surface area contributed by atoms with Crippen LogP contribution in [0.3, 0.4) is 0 Å². The Kier molecular flexibility index (Phi) is 11.2. The highest BCUT2D eigenvalue weighted by Gasteiger charge is 2.35. The molecule has 224 valence electrons. The van der Waals surface area contributed by atoms with Crippen molar-refractivity contribution < 1.29 is 9.59 Å². The van der Waals surface area contributed by atoms with Crippen molar-refractivity contribution in [1.82, 2.24) is 25.2 Å². The molecule has 7 nitrogen and oxygen atoms in total. The van der Waals surface area contributed by atoms with E-state index in [1.165, 1.54) is 43.2 Å². The first-order chi connectivity index (χ1) is 20.0. The van der Waals surface area contributed by atoms with Crippen LogP contribution in [0, 0.1) is 5.92 Å². The Morgan fingerprint density at radius 2 is 1.90 bits per heavy atom. The van der Waals surface area contributed by atoms with E-state index in [0.29, 0.717) is 32.0 Å². The SMILES string of the molecule is CSNCC(C1CCCCC1)N1CCN(C(=O)[C@@H](CC2=CCC(Cl)C=C2)NC(=O)CC2NCc3ccccc32)CC1. The fourth-order valence-corrected chi connectivity index (χ4v) is 7.50. The molecular weight excluding hydrogens is 554 g/mol. The third kappa shape index (κ3) is 8.17. The molecule has 0 bridgehead atoms. The molecule has 5 rings (SSSR count). The van der Waals surface area contributed by atoms with Crippen LogP contribution in [-0.4, -0.2) is 78.1 Å².